The van der Waals surface area contributed by atoms with E-state index in [1.807, 2.05) is 24.3 Å². The van der Waals surface area contributed by atoms with Gasteiger partial charge in [-0.2, -0.15) is 0 Å². The van der Waals surface area contributed by atoms with Crippen molar-refractivity contribution in [2.24, 2.45) is 0 Å². The number of aromatic nitrogens is 2. The van der Waals surface area contributed by atoms with Crippen molar-refractivity contribution in [1.82, 2.24) is 9.13 Å². The van der Waals surface area contributed by atoms with Gasteiger partial charge < -0.3 is 19.3 Å². The molecule has 4 heteroatoms. The maximum Gasteiger partial charge on any atom is 0.124 e. The molecule has 0 atom stereocenters. The maximum absolute atomic E-state index is 12.0. The van der Waals surface area contributed by atoms with E-state index in [1.54, 1.807) is 12.1 Å². The van der Waals surface area contributed by atoms with Crippen molar-refractivity contribution in [3.05, 3.63) is 169 Å². The van der Waals surface area contributed by atoms with Gasteiger partial charge in [0.2, 0.25) is 0 Å². The van der Waals surface area contributed by atoms with Gasteiger partial charge in [-0.15, -0.1) is 0 Å². The molecule has 50 heavy (non-hydrogen) atoms. The summed E-state index contributed by atoms with van der Waals surface area (Å²) in [5.74, 6) is 0.274. The molecule has 0 bridgehead atoms. The second-order valence-corrected chi connectivity index (χ2v) is 13.2. The molecule has 238 valence electrons. The zero-order chi connectivity index (χ0) is 33.3. The van der Waals surface area contributed by atoms with Crippen molar-refractivity contribution in [3.8, 4) is 22.6 Å². The number of phenolic OH excluding ortho intramolecular Hbond substituents is 2. The van der Waals surface area contributed by atoms with Gasteiger partial charge in [0.25, 0.3) is 0 Å². The van der Waals surface area contributed by atoms with Crippen LogP contribution in [-0.2, 0) is 13.1 Å². The maximum atomic E-state index is 12.0. The van der Waals surface area contributed by atoms with Crippen molar-refractivity contribution in [2.45, 2.75) is 13.1 Å². The fraction of sp³-hybridized carbons (Fsp3) is 0.0435. The molecule has 2 N–H and O–H groups in total. The molecule has 0 aliphatic heterocycles. The van der Waals surface area contributed by atoms with E-state index in [1.165, 1.54) is 11.1 Å². The van der Waals surface area contributed by atoms with Crippen LogP contribution in [0.5, 0.6) is 11.5 Å². The minimum absolute atomic E-state index is 0.137. The fourth-order valence-corrected chi connectivity index (χ4v) is 8.27. The van der Waals surface area contributed by atoms with Gasteiger partial charge in [-0.25, -0.2) is 0 Å². The van der Waals surface area contributed by atoms with Gasteiger partial charge in [-0.05, 0) is 58.3 Å². The van der Waals surface area contributed by atoms with Crippen molar-refractivity contribution in [1.29, 1.82) is 0 Å². The van der Waals surface area contributed by atoms with Gasteiger partial charge >= 0.3 is 0 Å². The average Bonchev–Trinajstić information content (AvgIpc) is 3.65. The highest BCUT2D eigenvalue weighted by molar-refractivity contribution is 6.30. The SMILES string of the molecule is Oc1ccc2ccc3c(c4ccccc4n3Cc3ccccc3)c2c1-c1c(O)ccc2ccc3c(c4ccccc4n3Cc3ccccc3)c12. The summed E-state index contributed by atoms with van der Waals surface area (Å²) < 4.78 is 4.73. The predicted molar refractivity (Wildman–Crippen MR) is 207 cm³/mol. The third-order valence-electron chi connectivity index (χ3n) is 10.4. The van der Waals surface area contributed by atoms with Crippen molar-refractivity contribution >= 4 is 65.2 Å². The summed E-state index contributed by atoms with van der Waals surface area (Å²) in [6, 6.07) is 54.2. The molecule has 0 aliphatic rings. The van der Waals surface area contributed by atoms with Crippen LogP contribution in [0.3, 0.4) is 0 Å². The lowest BCUT2D eigenvalue weighted by atomic mass is 9.88. The van der Waals surface area contributed by atoms with Crippen LogP contribution in [0.25, 0.3) is 76.3 Å². The first-order valence-electron chi connectivity index (χ1n) is 17.1. The van der Waals surface area contributed by atoms with Crippen LogP contribution in [0.15, 0.2) is 158 Å². The van der Waals surface area contributed by atoms with E-state index in [0.717, 1.165) is 65.2 Å². The molecule has 0 saturated carbocycles. The minimum Gasteiger partial charge on any atom is -0.507 e. The molecule has 2 aromatic heterocycles. The second-order valence-electron chi connectivity index (χ2n) is 13.2. The van der Waals surface area contributed by atoms with Crippen LogP contribution >= 0.6 is 0 Å². The average molecular weight is 645 g/mol. The van der Waals surface area contributed by atoms with Gasteiger partial charge in [0.1, 0.15) is 11.5 Å². The number of aromatic hydroxyl groups is 2. The summed E-state index contributed by atoms with van der Waals surface area (Å²) in [7, 11) is 0. The molecule has 8 aromatic carbocycles. The molecule has 10 aromatic rings. The highest BCUT2D eigenvalue weighted by atomic mass is 16.3. The number of para-hydroxylation sites is 2. The first kappa shape index (κ1) is 28.5. The number of hydrogen-bond acceptors (Lipinski definition) is 2. The molecule has 0 unspecified atom stereocenters. The molecule has 0 saturated heterocycles. The quantitative estimate of drug-likeness (QED) is 0.196. The molecular weight excluding hydrogens is 613 g/mol. The highest BCUT2D eigenvalue weighted by Crippen LogP contribution is 2.50. The standard InChI is InChI=1S/C46H32N2O2/c49-39-25-21-31-19-23-37-43(33-15-7-9-17-35(33)47(37)27-29-11-3-1-4-12-29)41(31)45(39)46-40(50)26-22-32-20-24-38-44(42(32)46)34-16-8-10-18-36(34)48(38)28-30-13-5-2-6-14-30/h1-26,49-50H,27-28H2. The first-order chi connectivity index (χ1) is 24.7. The van der Waals surface area contributed by atoms with Crippen LogP contribution in [0.1, 0.15) is 11.1 Å². The Bertz CT molecular complexity index is 2730. The number of phenols is 2. The fourth-order valence-electron chi connectivity index (χ4n) is 8.27. The second kappa shape index (κ2) is 11.0. The Labute approximate surface area is 288 Å². The van der Waals surface area contributed by atoms with Gasteiger partial charge in [0.05, 0.1) is 11.0 Å². The van der Waals surface area contributed by atoms with Crippen molar-refractivity contribution < 1.29 is 10.2 Å². The molecule has 0 spiro atoms. The van der Waals surface area contributed by atoms with Gasteiger partial charge in [-0.3, -0.25) is 0 Å². The summed E-state index contributed by atoms with van der Waals surface area (Å²) in [6.45, 7) is 1.43. The summed E-state index contributed by atoms with van der Waals surface area (Å²) in [5, 5.41) is 32.2. The van der Waals surface area contributed by atoms with E-state index in [4.69, 9.17) is 0 Å². The normalized spacial score (nSPS) is 11.9. The van der Waals surface area contributed by atoms with E-state index >= 15 is 0 Å². The highest BCUT2D eigenvalue weighted by Gasteiger charge is 2.24. The van der Waals surface area contributed by atoms with E-state index in [-0.39, 0.29) is 11.5 Å². The topological polar surface area (TPSA) is 50.3 Å². The number of fused-ring (bicyclic) bond motifs is 10. The smallest absolute Gasteiger partial charge is 0.124 e. The Kier molecular flexibility index (Phi) is 6.27. The zero-order valence-corrected chi connectivity index (χ0v) is 27.2. The molecule has 0 fully saturated rings. The molecule has 4 nitrogen and oxygen atoms in total. The lowest BCUT2D eigenvalue weighted by Crippen LogP contribution is -1.99. The van der Waals surface area contributed by atoms with Crippen LogP contribution in [0, 0.1) is 0 Å². The molecule has 0 radical (unpaired) electrons. The Morgan fingerprint density at radius 3 is 1.16 bits per heavy atom. The number of hydrogen-bond donors (Lipinski definition) is 2. The van der Waals surface area contributed by atoms with Crippen molar-refractivity contribution in [2.75, 3.05) is 0 Å². The Hall–Kier alpha value is -6.52. The van der Waals surface area contributed by atoms with E-state index < -0.39 is 0 Å². The Morgan fingerprint density at radius 2 is 0.720 bits per heavy atom. The van der Waals surface area contributed by atoms with Gasteiger partial charge in [-0.1, -0.05) is 121 Å². The molecule has 0 aliphatic carbocycles. The van der Waals surface area contributed by atoms with Crippen LogP contribution in [0.4, 0.5) is 0 Å². The van der Waals surface area contributed by atoms with Crippen LogP contribution in [0.2, 0.25) is 0 Å². The predicted octanol–water partition coefficient (Wildman–Crippen LogP) is 11.4. The van der Waals surface area contributed by atoms with Crippen LogP contribution < -0.4 is 0 Å². The largest absolute Gasteiger partial charge is 0.507 e. The number of nitrogens with zero attached hydrogens (tertiary/aromatic N) is 2. The van der Waals surface area contributed by atoms with E-state index in [9.17, 15) is 10.2 Å². The summed E-state index contributed by atoms with van der Waals surface area (Å²) >= 11 is 0. The molecule has 10 rings (SSSR count). The summed E-state index contributed by atoms with van der Waals surface area (Å²) in [6.07, 6.45) is 0. The van der Waals surface area contributed by atoms with Gasteiger partial charge in [0.15, 0.2) is 0 Å². The third kappa shape index (κ3) is 4.18. The number of benzene rings is 8. The van der Waals surface area contributed by atoms with Crippen molar-refractivity contribution in [3.63, 3.8) is 0 Å². The number of rotatable bonds is 5. The monoisotopic (exact) mass is 644 g/mol. The van der Waals surface area contributed by atoms with E-state index in [2.05, 4.69) is 130 Å². The molecule has 2 heterocycles. The molecular formula is C46H32N2O2. The lowest BCUT2D eigenvalue weighted by Gasteiger charge is -2.17. The Morgan fingerprint density at radius 1 is 0.340 bits per heavy atom. The zero-order valence-electron chi connectivity index (χ0n) is 27.2. The summed E-state index contributed by atoms with van der Waals surface area (Å²) in [5.41, 5.74) is 8.14. The third-order valence-corrected chi connectivity index (χ3v) is 10.4. The van der Waals surface area contributed by atoms with Gasteiger partial charge in [0, 0.05) is 67.6 Å². The van der Waals surface area contributed by atoms with E-state index in [0.29, 0.717) is 24.2 Å². The first-order valence-corrected chi connectivity index (χ1v) is 17.1. The Balaban J connectivity index is 1.35. The van der Waals surface area contributed by atoms with Crippen LogP contribution in [-0.4, -0.2) is 19.3 Å². The summed E-state index contributed by atoms with van der Waals surface area (Å²) in [4.78, 5) is 0. The molecule has 0 amide bonds. The lowest BCUT2D eigenvalue weighted by molar-refractivity contribution is 0.470. The minimum atomic E-state index is 0.137.